The number of benzene rings is 3. The number of aromatic nitrogens is 3. The van der Waals surface area contributed by atoms with Crippen LogP contribution in [0.4, 0.5) is 4.39 Å². The van der Waals surface area contributed by atoms with Crippen molar-refractivity contribution >= 4 is 11.8 Å². The predicted octanol–water partition coefficient (Wildman–Crippen LogP) is 5.29. The van der Waals surface area contributed by atoms with E-state index in [1.54, 1.807) is 23.9 Å². The molecular weight excluding hydrogens is 357 g/mol. The average Bonchev–Trinajstić information content (AvgIpc) is 3.11. The quantitative estimate of drug-likeness (QED) is 0.429. The van der Waals surface area contributed by atoms with Crippen molar-refractivity contribution < 1.29 is 4.39 Å². The van der Waals surface area contributed by atoms with Gasteiger partial charge in [-0.1, -0.05) is 72.4 Å². The smallest absolute Gasteiger partial charge is 0.196 e. The largest absolute Gasteiger partial charge is 0.274 e. The third-order valence-corrected chi connectivity index (χ3v) is 5.20. The highest BCUT2D eigenvalue weighted by molar-refractivity contribution is 7.98. The number of thioether (sulfide) groups is 1. The van der Waals surface area contributed by atoms with Gasteiger partial charge in [0, 0.05) is 17.9 Å². The predicted molar refractivity (Wildman–Crippen MR) is 107 cm³/mol. The van der Waals surface area contributed by atoms with E-state index in [9.17, 15) is 4.39 Å². The van der Waals surface area contributed by atoms with Gasteiger partial charge in [-0.15, -0.1) is 10.2 Å². The summed E-state index contributed by atoms with van der Waals surface area (Å²) in [5.74, 6) is 1.38. The van der Waals surface area contributed by atoms with Gasteiger partial charge in [0.05, 0.1) is 0 Å². The maximum absolute atomic E-state index is 13.4. The summed E-state index contributed by atoms with van der Waals surface area (Å²) in [6.45, 7) is 0. The molecule has 134 valence electrons. The lowest BCUT2D eigenvalue weighted by Gasteiger charge is -2.10. The Morgan fingerprint density at radius 2 is 1.37 bits per heavy atom. The third kappa shape index (κ3) is 4.26. The van der Waals surface area contributed by atoms with Crippen molar-refractivity contribution in [1.82, 2.24) is 14.8 Å². The van der Waals surface area contributed by atoms with Gasteiger partial charge in [-0.05, 0) is 35.4 Å². The van der Waals surface area contributed by atoms with Crippen LogP contribution in [0.5, 0.6) is 0 Å². The van der Waals surface area contributed by atoms with Crippen molar-refractivity contribution in [3.8, 4) is 5.69 Å². The number of halogens is 1. The Morgan fingerprint density at radius 1 is 0.741 bits per heavy atom. The normalized spacial score (nSPS) is 10.9. The van der Waals surface area contributed by atoms with Gasteiger partial charge >= 0.3 is 0 Å². The minimum atomic E-state index is -0.255. The molecule has 4 aromatic rings. The molecule has 0 aliphatic carbocycles. The lowest BCUT2D eigenvalue weighted by molar-refractivity contribution is 0.627. The molecule has 1 heterocycles. The van der Waals surface area contributed by atoms with E-state index in [1.807, 2.05) is 41.0 Å². The summed E-state index contributed by atoms with van der Waals surface area (Å²) < 4.78 is 15.4. The molecule has 0 bridgehead atoms. The molecule has 5 heteroatoms. The number of rotatable bonds is 6. The Kier molecular flexibility index (Phi) is 5.30. The monoisotopic (exact) mass is 375 g/mol. The summed E-state index contributed by atoms with van der Waals surface area (Å²) in [6, 6.07) is 26.9. The molecule has 0 spiro atoms. The molecule has 0 aliphatic heterocycles. The summed E-state index contributed by atoms with van der Waals surface area (Å²) in [4.78, 5) is 0. The van der Waals surface area contributed by atoms with Gasteiger partial charge in [-0.3, -0.25) is 4.57 Å². The fourth-order valence-electron chi connectivity index (χ4n) is 2.86. The summed E-state index contributed by atoms with van der Waals surface area (Å²) >= 11 is 1.63. The zero-order valence-electron chi connectivity index (χ0n) is 14.6. The minimum absolute atomic E-state index is 0.255. The fourth-order valence-corrected chi connectivity index (χ4v) is 3.79. The summed E-state index contributed by atoms with van der Waals surface area (Å²) in [5, 5.41) is 9.63. The molecule has 27 heavy (non-hydrogen) atoms. The first-order valence-corrected chi connectivity index (χ1v) is 9.69. The standard InChI is InChI=1S/C22H18FN3S/c23-19-11-13-20(14-12-19)26-21(15-17-7-3-1-4-8-17)24-25-22(26)27-16-18-9-5-2-6-10-18/h1-14H,15-16H2. The summed E-state index contributed by atoms with van der Waals surface area (Å²) in [5.41, 5.74) is 3.25. The summed E-state index contributed by atoms with van der Waals surface area (Å²) in [6.07, 6.45) is 0.664. The highest BCUT2D eigenvalue weighted by Crippen LogP contribution is 2.26. The van der Waals surface area contributed by atoms with Crippen LogP contribution >= 0.6 is 11.8 Å². The minimum Gasteiger partial charge on any atom is -0.274 e. The molecule has 0 N–H and O–H groups in total. The van der Waals surface area contributed by atoms with Crippen LogP contribution in [0.2, 0.25) is 0 Å². The lowest BCUT2D eigenvalue weighted by Crippen LogP contribution is -2.04. The Bertz CT molecular complexity index is 999. The van der Waals surface area contributed by atoms with Crippen LogP contribution in [0.3, 0.4) is 0 Å². The third-order valence-electron chi connectivity index (χ3n) is 4.20. The van der Waals surface area contributed by atoms with E-state index in [0.29, 0.717) is 6.42 Å². The molecule has 0 amide bonds. The van der Waals surface area contributed by atoms with Gasteiger partial charge in [0.1, 0.15) is 11.6 Å². The molecule has 0 saturated carbocycles. The second kappa shape index (κ2) is 8.18. The molecule has 3 aromatic carbocycles. The van der Waals surface area contributed by atoms with Crippen LogP contribution in [0.15, 0.2) is 90.1 Å². The average molecular weight is 375 g/mol. The van der Waals surface area contributed by atoms with Crippen molar-refractivity contribution in [2.75, 3.05) is 0 Å². The molecule has 0 aliphatic rings. The van der Waals surface area contributed by atoms with E-state index in [-0.39, 0.29) is 5.82 Å². The zero-order chi connectivity index (χ0) is 18.5. The molecule has 0 saturated heterocycles. The number of hydrogen-bond acceptors (Lipinski definition) is 3. The van der Waals surface area contributed by atoms with Crippen LogP contribution in [0.25, 0.3) is 5.69 Å². The van der Waals surface area contributed by atoms with E-state index in [0.717, 1.165) is 28.0 Å². The highest BCUT2D eigenvalue weighted by atomic mass is 32.2. The lowest BCUT2D eigenvalue weighted by atomic mass is 10.1. The van der Waals surface area contributed by atoms with E-state index in [4.69, 9.17) is 0 Å². The maximum atomic E-state index is 13.4. The maximum Gasteiger partial charge on any atom is 0.196 e. The number of nitrogens with zero attached hydrogens (tertiary/aromatic N) is 3. The van der Waals surface area contributed by atoms with Gasteiger partial charge < -0.3 is 0 Å². The first-order chi connectivity index (χ1) is 13.3. The van der Waals surface area contributed by atoms with Gasteiger partial charge in [0.2, 0.25) is 0 Å². The van der Waals surface area contributed by atoms with E-state index >= 15 is 0 Å². The molecule has 0 fully saturated rings. The zero-order valence-corrected chi connectivity index (χ0v) is 15.4. The Morgan fingerprint density at radius 3 is 2.04 bits per heavy atom. The van der Waals surface area contributed by atoms with Crippen molar-refractivity contribution in [3.05, 3.63) is 108 Å². The molecule has 1 aromatic heterocycles. The summed E-state index contributed by atoms with van der Waals surface area (Å²) in [7, 11) is 0. The van der Waals surface area contributed by atoms with Gasteiger partial charge in [0.15, 0.2) is 5.16 Å². The number of hydrogen-bond donors (Lipinski definition) is 0. The second-order valence-corrected chi connectivity index (χ2v) is 7.09. The highest BCUT2D eigenvalue weighted by Gasteiger charge is 2.15. The molecule has 0 radical (unpaired) electrons. The van der Waals surface area contributed by atoms with Crippen LogP contribution in [-0.4, -0.2) is 14.8 Å². The van der Waals surface area contributed by atoms with E-state index < -0.39 is 0 Å². The van der Waals surface area contributed by atoms with Crippen molar-refractivity contribution in [3.63, 3.8) is 0 Å². The Balaban J connectivity index is 1.66. The van der Waals surface area contributed by atoms with Crippen molar-refractivity contribution in [2.45, 2.75) is 17.3 Å². The van der Waals surface area contributed by atoms with Crippen molar-refractivity contribution in [2.24, 2.45) is 0 Å². The molecule has 0 atom stereocenters. The van der Waals surface area contributed by atoms with E-state index in [1.165, 1.54) is 17.7 Å². The van der Waals surface area contributed by atoms with Crippen LogP contribution < -0.4 is 0 Å². The SMILES string of the molecule is Fc1ccc(-n2c(Cc3ccccc3)nnc2SCc2ccccc2)cc1. The molecule has 4 rings (SSSR count). The Hall–Kier alpha value is -2.92. The van der Waals surface area contributed by atoms with Crippen LogP contribution in [0.1, 0.15) is 17.0 Å². The van der Waals surface area contributed by atoms with E-state index in [2.05, 4.69) is 34.5 Å². The molecule has 3 nitrogen and oxygen atoms in total. The van der Waals surface area contributed by atoms with Crippen LogP contribution in [0, 0.1) is 5.82 Å². The second-order valence-electron chi connectivity index (χ2n) is 6.15. The molecular formula is C22H18FN3S. The molecule has 0 unspecified atom stereocenters. The van der Waals surface area contributed by atoms with Gasteiger partial charge in [0.25, 0.3) is 0 Å². The fraction of sp³-hybridized carbons (Fsp3) is 0.0909. The topological polar surface area (TPSA) is 30.7 Å². The van der Waals surface area contributed by atoms with Crippen LogP contribution in [-0.2, 0) is 12.2 Å². The Labute approximate surface area is 161 Å². The van der Waals surface area contributed by atoms with Gasteiger partial charge in [-0.25, -0.2) is 4.39 Å². The van der Waals surface area contributed by atoms with Gasteiger partial charge in [-0.2, -0.15) is 0 Å². The first kappa shape index (κ1) is 17.5. The first-order valence-electron chi connectivity index (χ1n) is 8.70. The van der Waals surface area contributed by atoms with Crippen molar-refractivity contribution in [1.29, 1.82) is 0 Å².